The van der Waals surface area contributed by atoms with Gasteiger partial charge in [-0.05, 0) is 41.8 Å². The molecule has 4 rings (SSSR count). The first-order chi connectivity index (χ1) is 9.83. The van der Waals surface area contributed by atoms with E-state index in [4.69, 9.17) is 4.84 Å². The number of hydrogen-bond donors (Lipinski definition) is 0. The Morgan fingerprint density at radius 2 is 2.20 bits per heavy atom. The Morgan fingerprint density at radius 1 is 1.25 bits per heavy atom. The molecule has 0 saturated carbocycles. The van der Waals surface area contributed by atoms with Crippen LogP contribution >= 0.6 is 0 Å². The van der Waals surface area contributed by atoms with Crippen LogP contribution in [0.3, 0.4) is 0 Å². The third-order valence-electron chi connectivity index (χ3n) is 3.87. The van der Waals surface area contributed by atoms with Gasteiger partial charge < -0.3 is 9.40 Å². The summed E-state index contributed by atoms with van der Waals surface area (Å²) < 4.78 is 2.14. The van der Waals surface area contributed by atoms with Gasteiger partial charge in [0.2, 0.25) is 0 Å². The lowest BCUT2D eigenvalue weighted by molar-refractivity contribution is 0.234. The van der Waals surface area contributed by atoms with E-state index < -0.39 is 0 Å². The highest BCUT2D eigenvalue weighted by Gasteiger charge is 2.17. The molecule has 2 aliphatic rings. The highest BCUT2D eigenvalue weighted by Crippen LogP contribution is 2.34. The number of benzene rings is 1. The molecule has 0 unspecified atom stereocenters. The van der Waals surface area contributed by atoms with E-state index in [0.717, 1.165) is 12.2 Å². The number of rotatable bonds is 1. The van der Waals surface area contributed by atoms with E-state index in [1.807, 2.05) is 6.08 Å². The van der Waals surface area contributed by atoms with Crippen LogP contribution < -0.4 is 0 Å². The van der Waals surface area contributed by atoms with E-state index in [0.29, 0.717) is 0 Å². The smallest absolute Gasteiger partial charge is 0.162 e. The Balaban J connectivity index is 1.85. The van der Waals surface area contributed by atoms with E-state index in [9.17, 15) is 0 Å². The number of oxime groups is 1. The molecule has 0 radical (unpaired) electrons. The number of aromatic nitrogens is 1. The van der Waals surface area contributed by atoms with Crippen molar-refractivity contribution in [3.05, 3.63) is 65.6 Å². The van der Waals surface area contributed by atoms with Crippen LogP contribution in [0.25, 0.3) is 16.5 Å². The zero-order valence-corrected chi connectivity index (χ0v) is 11.2. The molecule has 2 aromatic rings. The lowest BCUT2D eigenvalue weighted by Gasteiger charge is -2.17. The maximum absolute atomic E-state index is 5.37. The molecule has 0 atom stereocenters. The highest BCUT2D eigenvalue weighted by molar-refractivity contribution is 5.96. The van der Waals surface area contributed by atoms with E-state index >= 15 is 0 Å². The summed E-state index contributed by atoms with van der Waals surface area (Å²) in [6, 6.07) is 8.56. The molecule has 1 aromatic carbocycles. The topological polar surface area (TPSA) is 26.5 Å². The zero-order chi connectivity index (χ0) is 13.5. The monoisotopic (exact) mass is 262 g/mol. The van der Waals surface area contributed by atoms with Crippen LogP contribution in [0.1, 0.15) is 12.0 Å². The van der Waals surface area contributed by atoms with Gasteiger partial charge in [-0.25, -0.2) is 0 Å². The Bertz CT molecular complexity index is 819. The molecule has 3 nitrogen and oxygen atoms in total. The van der Waals surface area contributed by atoms with Crippen molar-refractivity contribution in [1.82, 2.24) is 4.57 Å². The van der Waals surface area contributed by atoms with Crippen LogP contribution in [0.4, 0.5) is 0 Å². The molecule has 2 heterocycles. The fourth-order valence-corrected chi connectivity index (χ4v) is 2.80. The molecule has 0 saturated heterocycles. The Labute approximate surface area is 117 Å². The number of allylic oxidation sites excluding steroid dienone is 5. The number of aryl methyl sites for hydroxylation is 1. The fourth-order valence-electron chi connectivity index (χ4n) is 2.80. The number of hydrogen-bond acceptors (Lipinski definition) is 2. The largest absolute Gasteiger partial charge is 0.357 e. The van der Waals surface area contributed by atoms with Crippen LogP contribution in [0.2, 0.25) is 0 Å². The summed E-state index contributed by atoms with van der Waals surface area (Å²) in [6.45, 7) is 0. The Kier molecular flexibility index (Phi) is 2.39. The van der Waals surface area contributed by atoms with Crippen molar-refractivity contribution >= 4 is 22.7 Å². The molecule has 0 N–H and O–H groups in total. The van der Waals surface area contributed by atoms with Crippen molar-refractivity contribution in [2.75, 3.05) is 0 Å². The van der Waals surface area contributed by atoms with E-state index in [-0.39, 0.29) is 0 Å². The summed E-state index contributed by atoms with van der Waals surface area (Å²) in [5.41, 5.74) is 4.87. The molecule has 20 heavy (non-hydrogen) atoms. The molecule has 0 amide bonds. The Hall–Kier alpha value is -2.55. The minimum Gasteiger partial charge on any atom is -0.357 e. The number of nitrogens with zero attached hydrogens (tertiary/aromatic N) is 2. The van der Waals surface area contributed by atoms with Crippen LogP contribution in [0, 0.1) is 0 Å². The van der Waals surface area contributed by atoms with Crippen LogP contribution in [-0.2, 0) is 11.9 Å². The molecule has 0 bridgehead atoms. The van der Waals surface area contributed by atoms with Gasteiger partial charge in [0.15, 0.2) is 5.76 Å². The van der Waals surface area contributed by atoms with Crippen molar-refractivity contribution in [2.24, 2.45) is 12.2 Å². The Morgan fingerprint density at radius 3 is 3.15 bits per heavy atom. The van der Waals surface area contributed by atoms with E-state index in [1.165, 1.54) is 27.6 Å². The van der Waals surface area contributed by atoms with E-state index in [2.05, 4.69) is 59.4 Å². The van der Waals surface area contributed by atoms with Gasteiger partial charge in [-0.15, -0.1) is 0 Å². The van der Waals surface area contributed by atoms with Crippen molar-refractivity contribution < 1.29 is 4.84 Å². The van der Waals surface area contributed by atoms with Crippen LogP contribution in [0.15, 0.2) is 65.2 Å². The van der Waals surface area contributed by atoms with Crippen molar-refractivity contribution in [1.29, 1.82) is 0 Å². The lowest BCUT2D eigenvalue weighted by Crippen LogP contribution is -2.02. The summed E-state index contributed by atoms with van der Waals surface area (Å²) in [4.78, 5) is 5.37. The van der Waals surface area contributed by atoms with Gasteiger partial charge in [-0.3, -0.25) is 0 Å². The zero-order valence-electron chi connectivity index (χ0n) is 11.2. The van der Waals surface area contributed by atoms with Gasteiger partial charge in [-0.1, -0.05) is 23.4 Å². The second-order valence-electron chi connectivity index (χ2n) is 5.07. The quantitative estimate of drug-likeness (QED) is 0.768. The highest BCUT2D eigenvalue weighted by atomic mass is 16.6. The van der Waals surface area contributed by atoms with Gasteiger partial charge >= 0.3 is 0 Å². The van der Waals surface area contributed by atoms with Gasteiger partial charge in [0.05, 0.1) is 6.21 Å². The molecule has 0 fully saturated rings. The second kappa shape index (κ2) is 4.23. The first-order valence-electron chi connectivity index (χ1n) is 6.69. The molecule has 0 spiro atoms. The maximum atomic E-state index is 5.37. The first kappa shape index (κ1) is 11.3. The predicted molar refractivity (Wildman–Crippen MR) is 81.3 cm³/mol. The average molecular weight is 262 g/mol. The van der Waals surface area contributed by atoms with E-state index in [1.54, 1.807) is 6.21 Å². The molecule has 3 heteroatoms. The van der Waals surface area contributed by atoms with Gasteiger partial charge in [0, 0.05) is 29.7 Å². The van der Waals surface area contributed by atoms with Crippen molar-refractivity contribution in [3.63, 3.8) is 0 Å². The van der Waals surface area contributed by atoms with Gasteiger partial charge in [0.25, 0.3) is 0 Å². The molecular weight excluding hydrogens is 248 g/mol. The molecule has 1 aliphatic carbocycles. The van der Waals surface area contributed by atoms with Gasteiger partial charge in [-0.2, -0.15) is 0 Å². The third-order valence-corrected chi connectivity index (χ3v) is 3.87. The van der Waals surface area contributed by atoms with Gasteiger partial charge in [0.1, 0.15) is 0 Å². The predicted octanol–water partition coefficient (Wildman–Crippen LogP) is 3.79. The first-order valence-corrected chi connectivity index (χ1v) is 6.69. The summed E-state index contributed by atoms with van der Waals surface area (Å²) >= 11 is 0. The summed E-state index contributed by atoms with van der Waals surface area (Å²) in [6.07, 6.45) is 11.0. The lowest BCUT2D eigenvalue weighted by atomic mass is 9.93. The van der Waals surface area contributed by atoms with Crippen LogP contribution in [0.5, 0.6) is 0 Å². The standard InChI is InChI=1S/C17H14N2O/c1-19-10-8-15-14(3-2-4-16(15)19)13-6-5-12-7-9-18-20-17(12)11-13/h2-4,6-11H,5H2,1H3. The third kappa shape index (κ3) is 1.63. The van der Waals surface area contributed by atoms with Crippen molar-refractivity contribution in [3.8, 4) is 0 Å². The molecular formula is C17H14N2O. The number of fused-ring (bicyclic) bond motifs is 2. The average Bonchev–Trinajstić information content (AvgIpc) is 2.88. The minimum absolute atomic E-state index is 0.859. The molecule has 1 aliphatic heterocycles. The normalized spacial score (nSPS) is 17.1. The molecule has 1 aromatic heterocycles. The van der Waals surface area contributed by atoms with Crippen molar-refractivity contribution in [2.45, 2.75) is 6.42 Å². The second-order valence-corrected chi connectivity index (χ2v) is 5.07. The maximum Gasteiger partial charge on any atom is 0.162 e. The fraction of sp³-hybridized carbons (Fsp3) is 0.118. The minimum atomic E-state index is 0.859. The SMILES string of the molecule is Cn1ccc2c(C3=CCC4=CC=NOC4=C3)cccc21. The summed E-state index contributed by atoms with van der Waals surface area (Å²) in [5, 5.41) is 5.12. The molecule has 98 valence electrons. The summed E-state index contributed by atoms with van der Waals surface area (Å²) in [7, 11) is 2.07. The van der Waals surface area contributed by atoms with Crippen LogP contribution in [-0.4, -0.2) is 10.8 Å². The summed E-state index contributed by atoms with van der Waals surface area (Å²) in [5.74, 6) is 0.859.